The number of ether oxygens (including phenoxy) is 2. The Morgan fingerprint density at radius 2 is 1.76 bits per heavy atom. The molecule has 0 aromatic heterocycles. The normalized spacial score (nSPS) is 24.0. The van der Waals surface area contributed by atoms with E-state index in [9.17, 15) is 9.59 Å². The van der Waals surface area contributed by atoms with Crippen molar-refractivity contribution in [3.05, 3.63) is 81.3 Å². The number of hydrazone groups is 1. The minimum atomic E-state index is -0.296. The Hall–Kier alpha value is -3.16. The van der Waals surface area contributed by atoms with E-state index in [1.807, 2.05) is 31.2 Å². The molecule has 3 aromatic carbocycles. The molecule has 2 amide bonds. The van der Waals surface area contributed by atoms with Crippen molar-refractivity contribution >= 4 is 56.3 Å². The SMILES string of the molecule is CCOc1cc(C=NN2C(=O)[C@@H]3[C@H](C2=O)[C@H]2C=C[C@H]3C2)c(Br)c(Cl)c1OCc1cccc2ccccc12. The van der Waals surface area contributed by atoms with Gasteiger partial charge in [-0.05, 0) is 63.5 Å². The zero-order valence-electron chi connectivity index (χ0n) is 20.1. The summed E-state index contributed by atoms with van der Waals surface area (Å²) in [4.78, 5) is 25.9. The maximum absolute atomic E-state index is 13.0. The molecule has 1 saturated heterocycles. The number of carbonyl (C=O) groups excluding carboxylic acids is 2. The lowest BCUT2D eigenvalue weighted by Crippen LogP contribution is -2.28. The molecule has 1 saturated carbocycles. The van der Waals surface area contributed by atoms with E-state index >= 15 is 0 Å². The molecular formula is C29H24BrClN2O4. The van der Waals surface area contributed by atoms with Crippen LogP contribution >= 0.6 is 27.5 Å². The number of halogens is 2. The minimum Gasteiger partial charge on any atom is -0.490 e. The Morgan fingerprint density at radius 3 is 2.49 bits per heavy atom. The summed E-state index contributed by atoms with van der Waals surface area (Å²) >= 11 is 10.3. The monoisotopic (exact) mass is 578 g/mol. The first-order chi connectivity index (χ1) is 18.0. The second-order valence-electron chi connectivity index (χ2n) is 9.51. The number of hydrogen-bond acceptors (Lipinski definition) is 5. The number of carbonyl (C=O) groups is 2. The van der Waals surface area contributed by atoms with Crippen LogP contribution in [0.1, 0.15) is 24.5 Å². The highest BCUT2D eigenvalue weighted by atomic mass is 79.9. The number of hydrogen-bond donors (Lipinski definition) is 0. The van der Waals surface area contributed by atoms with E-state index in [1.165, 1.54) is 6.21 Å². The fourth-order valence-electron chi connectivity index (χ4n) is 5.78. The van der Waals surface area contributed by atoms with Crippen molar-refractivity contribution in [2.45, 2.75) is 20.0 Å². The van der Waals surface area contributed by atoms with Crippen molar-refractivity contribution in [2.75, 3.05) is 6.61 Å². The van der Waals surface area contributed by atoms with Gasteiger partial charge in [-0.3, -0.25) is 9.59 Å². The molecule has 37 heavy (non-hydrogen) atoms. The number of imide groups is 1. The first-order valence-electron chi connectivity index (χ1n) is 12.3. The molecule has 6 rings (SSSR count). The molecule has 2 aliphatic carbocycles. The first kappa shape index (κ1) is 24.2. The molecule has 6 nitrogen and oxygen atoms in total. The molecule has 1 aliphatic heterocycles. The van der Waals surface area contributed by atoms with E-state index in [4.69, 9.17) is 21.1 Å². The largest absolute Gasteiger partial charge is 0.490 e. The number of amides is 2. The van der Waals surface area contributed by atoms with Crippen molar-refractivity contribution in [3.63, 3.8) is 0 Å². The molecule has 3 aromatic rings. The minimum absolute atomic E-state index is 0.135. The van der Waals surface area contributed by atoms with Gasteiger partial charge in [0.25, 0.3) is 11.8 Å². The van der Waals surface area contributed by atoms with Gasteiger partial charge in [-0.15, -0.1) is 0 Å². The summed E-state index contributed by atoms with van der Waals surface area (Å²) in [6.45, 7) is 2.58. The van der Waals surface area contributed by atoms with Crippen LogP contribution in [0.2, 0.25) is 5.02 Å². The van der Waals surface area contributed by atoms with Crippen molar-refractivity contribution in [1.29, 1.82) is 0 Å². The number of benzene rings is 3. The van der Waals surface area contributed by atoms with Gasteiger partial charge in [0.15, 0.2) is 11.5 Å². The summed E-state index contributed by atoms with van der Waals surface area (Å²) in [6, 6.07) is 16.0. The van der Waals surface area contributed by atoms with Crippen molar-refractivity contribution in [2.24, 2.45) is 28.8 Å². The van der Waals surface area contributed by atoms with Crippen LogP contribution in [0, 0.1) is 23.7 Å². The maximum Gasteiger partial charge on any atom is 0.254 e. The van der Waals surface area contributed by atoms with Crippen LogP contribution in [0.3, 0.4) is 0 Å². The van der Waals surface area contributed by atoms with Crippen LogP contribution in [-0.4, -0.2) is 29.6 Å². The highest BCUT2D eigenvalue weighted by molar-refractivity contribution is 9.10. The summed E-state index contributed by atoms with van der Waals surface area (Å²) in [7, 11) is 0. The molecule has 2 fully saturated rings. The van der Waals surface area contributed by atoms with Gasteiger partial charge in [0.1, 0.15) is 11.6 Å². The summed E-state index contributed by atoms with van der Waals surface area (Å²) in [5, 5.41) is 7.88. The summed E-state index contributed by atoms with van der Waals surface area (Å²) in [5.74, 6) is 0.0782. The predicted molar refractivity (Wildman–Crippen MR) is 146 cm³/mol. The molecule has 0 N–H and O–H groups in total. The van der Waals surface area contributed by atoms with Crippen LogP contribution in [0.5, 0.6) is 11.5 Å². The third-order valence-electron chi connectivity index (χ3n) is 7.47. The molecule has 2 bridgehead atoms. The lowest BCUT2D eigenvalue weighted by atomic mass is 9.85. The highest BCUT2D eigenvalue weighted by Gasteiger charge is 2.59. The maximum atomic E-state index is 13.0. The van der Waals surface area contributed by atoms with Crippen molar-refractivity contribution in [3.8, 4) is 11.5 Å². The van der Waals surface area contributed by atoms with E-state index in [1.54, 1.807) is 6.07 Å². The summed E-state index contributed by atoms with van der Waals surface area (Å²) in [6.07, 6.45) is 6.47. The van der Waals surface area contributed by atoms with Gasteiger partial charge >= 0.3 is 0 Å². The standard InChI is InChI=1S/C29H24BrClN2O4/c1-2-36-22-13-20(14-32-33-28(34)23-17-10-11-18(12-17)24(23)29(33)35)25(30)26(31)27(22)37-15-19-8-5-7-16-6-3-4-9-21(16)19/h3-11,13-14,17-18,23-24H,2,12,15H2,1H3/t17-,18-,23-,24+/m0/s1. The second kappa shape index (κ2) is 9.62. The van der Waals surface area contributed by atoms with E-state index in [0.717, 1.165) is 27.8 Å². The molecule has 3 aliphatic rings. The third-order valence-corrected chi connectivity index (χ3v) is 8.91. The van der Waals surface area contributed by atoms with Crippen LogP contribution in [-0.2, 0) is 16.2 Å². The third kappa shape index (κ3) is 4.05. The molecule has 0 spiro atoms. The number of nitrogens with zero attached hydrogens (tertiary/aromatic N) is 2. The molecule has 1 heterocycles. The van der Waals surface area contributed by atoms with Gasteiger partial charge in [0.2, 0.25) is 0 Å². The fraction of sp³-hybridized carbons (Fsp3) is 0.276. The second-order valence-corrected chi connectivity index (χ2v) is 10.7. The van der Waals surface area contributed by atoms with Crippen LogP contribution in [0.15, 0.2) is 70.3 Å². The topological polar surface area (TPSA) is 68.2 Å². The van der Waals surface area contributed by atoms with Gasteiger partial charge < -0.3 is 9.47 Å². The molecule has 188 valence electrons. The predicted octanol–water partition coefficient (Wildman–Crippen LogP) is 6.37. The van der Waals surface area contributed by atoms with Crippen molar-refractivity contribution < 1.29 is 19.1 Å². The average molecular weight is 580 g/mol. The van der Waals surface area contributed by atoms with E-state index in [0.29, 0.717) is 39.8 Å². The average Bonchev–Trinajstić information content (AvgIpc) is 3.59. The Labute approximate surface area is 228 Å². The molecule has 4 atom stereocenters. The fourth-order valence-corrected chi connectivity index (χ4v) is 6.44. The van der Waals surface area contributed by atoms with E-state index in [2.05, 4.69) is 51.4 Å². The van der Waals surface area contributed by atoms with Gasteiger partial charge in [-0.1, -0.05) is 66.2 Å². The van der Waals surface area contributed by atoms with Crippen LogP contribution < -0.4 is 9.47 Å². The molecule has 0 unspecified atom stereocenters. The van der Waals surface area contributed by atoms with Gasteiger partial charge in [-0.25, -0.2) is 0 Å². The van der Waals surface area contributed by atoms with Gasteiger partial charge in [0, 0.05) is 10.0 Å². The Bertz CT molecular complexity index is 1450. The lowest BCUT2D eigenvalue weighted by molar-refractivity contribution is -0.140. The van der Waals surface area contributed by atoms with Crippen LogP contribution in [0.4, 0.5) is 0 Å². The lowest BCUT2D eigenvalue weighted by Gasteiger charge is -2.17. The van der Waals surface area contributed by atoms with Gasteiger partial charge in [0.05, 0.1) is 24.7 Å². The summed E-state index contributed by atoms with van der Waals surface area (Å²) in [5.41, 5.74) is 1.60. The molecule has 8 heteroatoms. The Kier molecular flexibility index (Phi) is 6.29. The summed E-state index contributed by atoms with van der Waals surface area (Å²) < 4.78 is 12.6. The smallest absolute Gasteiger partial charge is 0.254 e. The number of allylic oxidation sites excluding steroid dienone is 2. The number of fused-ring (bicyclic) bond motifs is 6. The quantitative estimate of drug-likeness (QED) is 0.185. The Morgan fingerprint density at radius 1 is 1.05 bits per heavy atom. The highest BCUT2D eigenvalue weighted by Crippen LogP contribution is 2.52. The van der Waals surface area contributed by atoms with Gasteiger partial charge in [-0.2, -0.15) is 10.1 Å². The number of rotatable bonds is 7. The van der Waals surface area contributed by atoms with E-state index < -0.39 is 0 Å². The van der Waals surface area contributed by atoms with Crippen molar-refractivity contribution in [1.82, 2.24) is 5.01 Å². The Balaban J connectivity index is 1.27. The zero-order valence-corrected chi connectivity index (χ0v) is 22.4. The van der Waals surface area contributed by atoms with Crippen LogP contribution in [0.25, 0.3) is 10.8 Å². The van der Waals surface area contributed by atoms with E-state index in [-0.39, 0.29) is 35.5 Å². The molecule has 0 radical (unpaired) electrons. The zero-order chi connectivity index (χ0) is 25.7. The first-order valence-corrected chi connectivity index (χ1v) is 13.5. The molecular weight excluding hydrogens is 556 g/mol.